The second-order valence-corrected chi connectivity index (χ2v) is 5.64. The van der Waals surface area contributed by atoms with Crippen LogP contribution in [0.25, 0.3) is 0 Å². The smallest absolute Gasteiger partial charge is 0.126 e. The largest absolute Gasteiger partial charge is 0.508 e. The molecule has 2 aromatic rings. The van der Waals surface area contributed by atoms with Gasteiger partial charge in [0.25, 0.3) is 0 Å². The van der Waals surface area contributed by atoms with Crippen molar-refractivity contribution in [2.45, 2.75) is 18.6 Å². The Bertz CT molecular complexity index is 598. The van der Waals surface area contributed by atoms with E-state index in [0.717, 1.165) is 27.8 Å². The lowest BCUT2D eigenvalue weighted by molar-refractivity contribution is 0.161. The lowest BCUT2D eigenvalue weighted by Crippen LogP contribution is -2.24. The molecule has 2 aromatic carbocycles. The molecule has 1 heterocycles. The molecule has 2 atom stereocenters. The van der Waals surface area contributed by atoms with E-state index in [1.807, 2.05) is 30.3 Å². The summed E-state index contributed by atoms with van der Waals surface area (Å²) in [7, 11) is 0. The van der Waals surface area contributed by atoms with Crippen LogP contribution in [0.4, 0.5) is 0 Å². The molecule has 3 N–H and O–H groups in total. The molecule has 3 rings (SSSR count). The van der Waals surface area contributed by atoms with Crippen molar-refractivity contribution in [1.29, 1.82) is 0 Å². The van der Waals surface area contributed by atoms with Gasteiger partial charge in [0.05, 0.1) is 0 Å². The SMILES string of the molecule is N[C@H]1CC(c2ccc(O)cc2)Oc2ccc(Br)cc21. The fourth-order valence-corrected chi connectivity index (χ4v) is 2.75. The van der Waals surface area contributed by atoms with Crippen molar-refractivity contribution in [2.24, 2.45) is 5.73 Å². The average molecular weight is 320 g/mol. The van der Waals surface area contributed by atoms with E-state index in [9.17, 15) is 5.11 Å². The Morgan fingerprint density at radius 1 is 1.16 bits per heavy atom. The van der Waals surface area contributed by atoms with Gasteiger partial charge in [-0.15, -0.1) is 0 Å². The van der Waals surface area contributed by atoms with E-state index in [0.29, 0.717) is 0 Å². The molecular weight excluding hydrogens is 306 g/mol. The monoisotopic (exact) mass is 319 g/mol. The number of hydrogen-bond acceptors (Lipinski definition) is 3. The molecule has 0 saturated heterocycles. The van der Waals surface area contributed by atoms with Gasteiger partial charge in [-0.2, -0.15) is 0 Å². The Morgan fingerprint density at radius 2 is 1.89 bits per heavy atom. The molecule has 1 aliphatic heterocycles. The summed E-state index contributed by atoms with van der Waals surface area (Å²) in [6, 6.07) is 12.9. The molecule has 0 radical (unpaired) electrons. The van der Waals surface area contributed by atoms with Gasteiger partial charge in [0.1, 0.15) is 17.6 Å². The van der Waals surface area contributed by atoms with Gasteiger partial charge in [0.2, 0.25) is 0 Å². The summed E-state index contributed by atoms with van der Waals surface area (Å²) in [4.78, 5) is 0. The van der Waals surface area contributed by atoms with E-state index < -0.39 is 0 Å². The van der Waals surface area contributed by atoms with Crippen LogP contribution in [0.3, 0.4) is 0 Å². The first kappa shape index (κ1) is 12.5. The first-order valence-electron chi connectivity index (χ1n) is 6.14. The molecule has 98 valence electrons. The minimum Gasteiger partial charge on any atom is -0.508 e. The van der Waals surface area contributed by atoms with Crippen LogP contribution in [-0.2, 0) is 0 Å². The third-order valence-electron chi connectivity index (χ3n) is 3.37. The Hall–Kier alpha value is -1.52. The van der Waals surface area contributed by atoms with Gasteiger partial charge >= 0.3 is 0 Å². The summed E-state index contributed by atoms with van der Waals surface area (Å²) in [5.74, 6) is 1.09. The van der Waals surface area contributed by atoms with Crippen molar-refractivity contribution < 1.29 is 9.84 Å². The second-order valence-electron chi connectivity index (χ2n) is 4.72. The number of fused-ring (bicyclic) bond motifs is 1. The van der Waals surface area contributed by atoms with Gasteiger partial charge in [-0.3, -0.25) is 0 Å². The second kappa shape index (κ2) is 4.87. The zero-order chi connectivity index (χ0) is 13.4. The van der Waals surface area contributed by atoms with E-state index in [4.69, 9.17) is 10.5 Å². The highest BCUT2D eigenvalue weighted by Gasteiger charge is 2.27. The Balaban J connectivity index is 1.92. The van der Waals surface area contributed by atoms with Crippen LogP contribution in [0.2, 0.25) is 0 Å². The highest BCUT2D eigenvalue weighted by Crippen LogP contribution is 2.40. The van der Waals surface area contributed by atoms with Crippen LogP contribution < -0.4 is 10.5 Å². The molecule has 19 heavy (non-hydrogen) atoms. The molecular formula is C15H14BrNO2. The fourth-order valence-electron chi connectivity index (χ4n) is 2.37. The molecule has 0 fully saturated rings. The van der Waals surface area contributed by atoms with Gasteiger partial charge in [0.15, 0.2) is 0 Å². The van der Waals surface area contributed by atoms with E-state index >= 15 is 0 Å². The predicted molar refractivity (Wildman–Crippen MR) is 77.2 cm³/mol. The first-order chi connectivity index (χ1) is 9.13. The minimum atomic E-state index is -0.0655. The fraction of sp³-hybridized carbons (Fsp3) is 0.200. The standard InChI is InChI=1S/C15H14BrNO2/c16-10-3-6-14-12(7-10)13(17)8-15(19-14)9-1-4-11(18)5-2-9/h1-7,13,15,18H,8,17H2/t13-,15?/m0/s1. The van der Waals surface area contributed by atoms with E-state index in [-0.39, 0.29) is 17.9 Å². The molecule has 0 saturated carbocycles. The quantitative estimate of drug-likeness (QED) is 0.843. The topological polar surface area (TPSA) is 55.5 Å². The van der Waals surface area contributed by atoms with Crippen molar-refractivity contribution in [2.75, 3.05) is 0 Å². The maximum Gasteiger partial charge on any atom is 0.126 e. The van der Waals surface area contributed by atoms with Crippen LogP contribution in [0.5, 0.6) is 11.5 Å². The number of halogens is 1. The highest BCUT2D eigenvalue weighted by atomic mass is 79.9. The zero-order valence-electron chi connectivity index (χ0n) is 10.2. The minimum absolute atomic E-state index is 0.0416. The Morgan fingerprint density at radius 3 is 2.63 bits per heavy atom. The van der Waals surface area contributed by atoms with Crippen LogP contribution in [0, 0.1) is 0 Å². The molecule has 0 amide bonds. The van der Waals surface area contributed by atoms with E-state index in [1.165, 1.54) is 0 Å². The molecule has 1 aliphatic rings. The van der Waals surface area contributed by atoms with Gasteiger partial charge in [-0.25, -0.2) is 0 Å². The summed E-state index contributed by atoms with van der Waals surface area (Å²) in [5, 5.41) is 9.32. The summed E-state index contributed by atoms with van der Waals surface area (Å²) >= 11 is 3.45. The normalized spacial score (nSPS) is 21.6. The number of phenols is 1. The van der Waals surface area contributed by atoms with Crippen molar-refractivity contribution >= 4 is 15.9 Å². The van der Waals surface area contributed by atoms with Crippen molar-refractivity contribution in [1.82, 2.24) is 0 Å². The van der Waals surface area contributed by atoms with Crippen LogP contribution >= 0.6 is 15.9 Å². The third-order valence-corrected chi connectivity index (χ3v) is 3.87. The van der Waals surface area contributed by atoms with Crippen molar-refractivity contribution in [3.8, 4) is 11.5 Å². The number of rotatable bonds is 1. The summed E-state index contributed by atoms with van der Waals surface area (Å²) in [6.07, 6.45) is 0.665. The molecule has 1 unspecified atom stereocenters. The molecule has 0 spiro atoms. The van der Waals surface area contributed by atoms with Gasteiger partial charge < -0.3 is 15.6 Å². The maximum absolute atomic E-state index is 9.32. The number of nitrogens with two attached hydrogens (primary N) is 1. The van der Waals surface area contributed by atoms with Gasteiger partial charge in [0, 0.05) is 22.5 Å². The number of aromatic hydroxyl groups is 1. The molecule has 4 heteroatoms. The summed E-state index contributed by atoms with van der Waals surface area (Å²) in [6.45, 7) is 0. The molecule has 0 aliphatic carbocycles. The first-order valence-corrected chi connectivity index (χ1v) is 6.93. The lowest BCUT2D eigenvalue weighted by Gasteiger charge is -2.30. The number of benzene rings is 2. The Labute approximate surface area is 120 Å². The van der Waals surface area contributed by atoms with Crippen molar-refractivity contribution in [3.05, 3.63) is 58.1 Å². The van der Waals surface area contributed by atoms with E-state index in [1.54, 1.807) is 12.1 Å². The lowest BCUT2D eigenvalue weighted by atomic mass is 9.93. The predicted octanol–water partition coefficient (Wildman–Crippen LogP) is 3.68. The van der Waals surface area contributed by atoms with Gasteiger partial charge in [-0.05, 0) is 35.9 Å². The number of ether oxygens (including phenoxy) is 1. The van der Waals surface area contributed by atoms with Crippen LogP contribution in [0.1, 0.15) is 29.7 Å². The molecule has 0 aromatic heterocycles. The third kappa shape index (κ3) is 2.46. The average Bonchev–Trinajstić information content (AvgIpc) is 2.40. The summed E-state index contributed by atoms with van der Waals surface area (Å²) < 4.78 is 7.01. The Kier molecular flexibility index (Phi) is 3.21. The number of phenolic OH excluding ortho intramolecular Hbond substituents is 1. The van der Waals surface area contributed by atoms with Crippen LogP contribution in [-0.4, -0.2) is 5.11 Å². The maximum atomic E-state index is 9.32. The van der Waals surface area contributed by atoms with Crippen LogP contribution in [0.15, 0.2) is 46.9 Å². The summed E-state index contributed by atoms with van der Waals surface area (Å²) in [5.41, 5.74) is 8.28. The molecule has 3 nitrogen and oxygen atoms in total. The molecule has 0 bridgehead atoms. The van der Waals surface area contributed by atoms with E-state index in [2.05, 4.69) is 15.9 Å². The van der Waals surface area contributed by atoms with Crippen molar-refractivity contribution in [3.63, 3.8) is 0 Å². The highest BCUT2D eigenvalue weighted by molar-refractivity contribution is 9.10. The van der Waals surface area contributed by atoms with Gasteiger partial charge in [-0.1, -0.05) is 28.1 Å². The number of hydrogen-bond donors (Lipinski definition) is 2. The zero-order valence-corrected chi connectivity index (χ0v) is 11.8.